The molecule has 1 fully saturated rings. The molecule has 1 saturated carbocycles. The second-order valence-corrected chi connectivity index (χ2v) is 6.39. The molecule has 1 heterocycles. The van der Waals surface area contributed by atoms with Crippen LogP contribution in [-0.4, -0.2) is 27.5 Å². The van der Waals surface area contributed by atoms with Crippen molar-refractivity contribution in [1.82, 2.24) is 15.1 Å². The monoisotopic (exact) mass is 312 g/mol. The van der Waals surface area contributed by atoms with Gasteiger partial charge in [-0.2, -0.15) is 5.10 Å². The van der Waals surface area contributed by atoms with Crippen molar-refractivity contribution in [2.45, 2.75) is 39.3 Å². The fraction of sp³-hybridized carbons (Fsp3) is 0.444. The third-order valence-corrected chi connectivity index (χ3v) is 4.62. The molecule has 1 aliphatic carbocycles. The fourth-order valence-electron chi connectivity index (χ4n) is 3.01. The van der Waals surface area contributed by atoms with Crippen LogP contribution in [0.15, 0.2) is 30.3 Å². The van der Waals surface area contributed by atoms with Gasteiger partial charge in [0.2, 0.25) is 0 Å². The minimum Gasteiger partial charge on any atom is -0.333 e. The lowest BCUT2D eigenvalue weighted by Crippen LogP contribution is -2.37. The molecular weight excluding hydrogens is 288 g/mol. The van der Waals surface area contributed by atoms with Crippen LogP contribution < -0.4 is 5.73 Å². The van der Waals surface area contributed by atoms with Crippen LogP contribution in [0.25, 0.3) is 0 Å². The number of H-pyrrole nitrogens is 1. The van der Waals surface area contributed by atoms with Crippen molar-refractivity contribution in [2.75, 3.05) is 6.54 Å². The summed E-state index contributed by atoms with van der Waals surface area (Å²) in [7, 11) is 0. The Morgan fingerprint density at radius 3 is 2.65 bits per heavy atom. The van der Waals surface area contributed by atoms with Crippen molar-refractivity contribution in [3.8, 4) is 0 Å². The zero-order chi connectivity index (χ0) is 16.2. The van der Waals surface area contributed by atoms with Gasteiger partial charge in [0.25, 0.3) is 5.91 Å². The smallest absolute Gasteiger partial charge is 0.274 e. The first-order valence-electron chi connectivity index (χ1n) is 8.25. The van der Waals surface area contributed by atoms with Gasteiger partial charge in [-0.25, -0.2) is 0 Å². The molecule has 1 aliphatic rings. The van der Waals surface area contributed by atoms with Crippen LogP contribution >= 0.6 is 0 Å². The highest BCUT2D eigenvalue weighted by atomic mass is 16.2. The predicted molar refractivity (Wildman–Crippen MR) is 89.7 cm³/mol. The lowest BCUT2D eigenvalue weighted by Gasteiger charge is -2.32. The molecule has 0 unspecified atom stereocenters. The van der Waals surface area contributed by atoms with Gasteiger partial charge in [0.05, 0.1) is 0 Å². The molecule has 1 amide bonds. The van der Waals surface area contributed by atoms with E-state index in [1.165, 1.54) is 19.3 Å². The Kier molecular flexibility index (Phi) is 4.76. The number of rotatable bonds is 6. The first-order valence-corrected chi connectivity index (χ1v) is 8.25. The zero-order valence-corrected chi connectivity index (χ0v) is 13.6. The highest BCUT2D eigenvalue weighted by molar-refractivity contribution is 5.92. The number of carbonyl (C=O) groups is 1. The number of hydrogen-bond donors (Lipinski definition) is 2. The van der Waals surface area contributed by atoms with E-state index in [-0.39, 0.29) is 5.91 Å². The summed E-state index contributed by atoms with van der Waals surface area (Å²) < 4.78 is 0. The minimum atomic E-state index is -0.00641. The largest absolute Gasteiger partial charge is 0.333 e. The average molecular weight is 312 g/mol. The van der Waals surface area contributed by atoms with Crippen LogP contribution in [0.3, 0.4) is 0 Å². The maximum atomic E-state index is 12.8. The molecule has 3 N–H and O–H groups in total. The quantitative estimate of drug-likeness (QED) is 0.861. The van der Waals surface area contributed by atoms with E-state index >= 15 is 0 Å². The Morgan fingerprint density at radius 1 is 1.35 bits per heavy atom. The van der Waals surface area contributed by atoms with Gasteiger partial charge < -0.3 is 10.6 Å². The van der Waals surface area contributed by atoms with Crippen molar-refractivity contribution in [2.24, 2.45) is 11.7 Å². The summed E-state index contributed by atoms with van der Waals surface area (Å²) in [4.78, 5) is 14.8. The zero-order valence-electron chi connectivity index (χ0n) is 13.6. The second kappa shape index (κ2) is 6.96. The lowest BCUT2D eigenvalue weighted by atomic mass is 9.85. The average Bonchev–Trinajstić information content (AvgIpc) is 2.95. The van der Waals surface area contributed by atoms with Crippen LogP contribution in [0.1, 0.15) is 46.6 Å². The van der Waals surface area contributed by atoms with Gasteiger partial charge in [0.15, 0.2) is 0 Å². The molecule has 1 aromatic carbocycles. The molecule has 0 aliphatic heterocycles. The topological polar surface area (TPSA) is 75.0 Å². The number of aromatic amines is 1. The summed E-state index contributed by atoms with van der Waals surface area (Å²) in [6, 6.07) is 9.88. The van der Waals surface area contributed by atoms with Crippen molar-refractivity contribution < 1.29 is 4.79 Å². The molecule has 0 saturated heterocycles. The number of hydrogen-bond acceptors (Lipinski definition) is 3. The highest BCUT2D eigenvalue weighted by Crippen LogP contribution is 2.28. The molecule has 3 rings (SSSR count). The lowest BCUT2D eigenvalue weighted by molar-refractivity contribution is 0.0673. The summed E-state index contributed by atoms with van der Waals surface area (Å²) in [5.74, 6) is 0.608. The van der Waals surface area contributed by atoms with Crippen molar-refractivity contribution >= 4 is 5.91 Å². The van der Waals surface area contributed by atoms with Crippen molar-refractivity contribution in [1.29, 1.82) is 0 Å². The van der Waals surface area contributed by atoms with Gasteiger partial charge in [-0.1, -0.05) is 30.7 Å². The molecule has 0 spiro atoms. The van der Waals surface area contributed by atoms with Crippen LogP contribution in [0.5, 0.6) is 0 Å². The first kappa shape index (κ1) is 15.7. The van der Waals surface area contributed by atoms with Crippen molar-refractivity contribution in [3.05, 3.63) is 52.8 Å². The molecule has 5 heteroatoms. The Morgan fingerprint density at radius 2 is 2.09 bits per heavy atom. The van der Waals surface area contributed by atoms with Crippen LogP contribution in [0, 0.1) is 12.8 Å². The van der Waals surface area contributed by atoms with E-state index in [1.807, 2.05) is 36.1 Å². The SMILES string of the molecule is Cc1cc(C(=O)N(Cc2ccccc2CN)CC2CCC2)n[nH]1. The van der Waals surface area contributed by atoms with Crippen LogP contribution in [0.2, 0.25) is 0 Å². The number of nitrogens with zero attached hydrogens (tertiary/aromatic N) is 2. The van der Waals surface area contributed by atoms with E-state index in [1.54, 1.807) is 0 Å². The molecule has 23 heavy (non-hydrogen) atoms. The Hall–Kier alpha value is -2.14. The third-order valence-electron chi connectivity index (χ3n) is 4.62. The minimum absolute atomic E-state index is 0.00641. The number of aryl methyl sites for hydroxylation is 1. The first-order chi connectivity index (χ1) is 11.2. The van der Waals surface area contributed by atoms with E-state index in [9.17, 15) is 4.79 Å². The molecule has 0 atom stereocenters. The van der Waals surface area contributed by atoms with Gasteiger partial charge in [-0.05, 0) is 42.9 Å². The predicted octanol–water partition coefficient (Wildman–Crippen LogP) is 2.62. The number of nitrogens with one attached hydrogen (secondary N) is 1. The van der Waals surface area contributed by atoms with E-state index in [0.29, 0.717) is 24.7 Å². The molecule has 2 aromatic rings. The van der Waals surface area contributed by atoms with E-state index in [0.717, 1.165) is 23.4 Å². The Balaban J connectivity index is 1.81. The second-order valence-electron chi connectivity index (χ2n) is 6.39. The highest BCUT2D eigenvalue weighted by Gasteiger charge is 2.26. The summed E-state index contributed by atoms with van der Waals surface area (Å²) in [6.45, 7) is 3.78. The third kappa shape index (κ3) is 3.62. The van der Waals surface area contributed by atoms with E-state index in [2.05, 4.69) is 16.3 Å². The van der Waals surface area contributed by atoms with E-state index in [4.69, 9.17) is 5.73 Å². The maximum Gasteiger partial charge on any atom is 0.274 e. The normalized spacial score (nSPS) is 14.5. The molecule has 5 nitrogen and oxygen atoms in total. The molecule has 0 bridgehead atoms. The van der Waals surface area contributed by atoms with Crippen LogP contribution in [0.4, 0.5) is 0 Å². The van der Waals surface area contributed by atoms with Crippen LogP contribution in [-0.2, 0) is 13.1 Å². The summed E-state index contributed by atoms with van der Waals surface area (Å²) in [5, 5.41) is 6.99. The summed E-state index contributed by atoms with van der Waals surface area (Å²) in [6.07, 6.45) is 3.69. The van der Waals surface area contributed by atoms with Gasteiger partial charge in [0.1, 0.15) is 5.69 Å². The number of carbonyl (C=O) groups excluding carboxylic acids is 1. The van der Waals surface area contributed by atoms with E-state index < -0.39 is 0 Å². The number of benzene rings is 1. The number of aromatic nitrogens is 2. The number of amides is 1. The molecule has 122 valence electrons. The van der Waals surface area contributed by atoms with Gasteiger partial charge in [0, 0.05) is 25.3 Å². The Labute approximate surface area is 136 Å². The summed E-state index contributed by atoms with van der Waals surface area (Å²) >= 11 is 0. The molecule has 0 radical (unpaired) electrons. The molecule has 1 aromatic heterocycles. The summed E-state index contributed by atoms with van der Waals surface area (Å²) in [5.41, 5.74) is 9.44. The van der Waals surface area contributed by atoms with Gasteiger partial charge in [-0.15, -0.1) is 0 Å². The van der Waals surface area contributed by atoms with Gasteiger partial charge >= 0.3 is 0 Å². The Bertz CT molecular complexity index is 675. The fourth-order valence-corrected chi connectivity index (χ4v) is 3.01. The van der Waals surface area contributed by atoms with Crippen molar-refractivity contribution in [3.63, 3.8) is 0 Å². The van der Waals surface area contributed by atoms with Gasteiger partial charge in [-0.3, -0.25) is 9.89 Å². The standard InChI is InChI=1S/C18H24N4O/c1-13-9-17(21-20-13)18(23)22(11-14-5-4-6-14)12-16-8-3-2-7-15(16)10-19/h2-3,7-9,14H,4-6,10-12,19H2,1H3,(H,20,21). The maximum absolute atomic E-state index is 12.8. The number of nitrogens with two attached hydrogens (primary N) is 1. The molecular formula is C18H24N4O.